The Morgan fingerprint density at radius 2 is 2.00 bits per heavy atom. The van der Waals surface area contributed by atoms with E-state index in [1.807, 2.05) is 6.07 Å². The van der Waals surface area contributed by atoms with Crippen molar-refractivity contribution in [1.82, 2.24) is 25.1 Å². The zero-order valence-corrected chi connectivity index (χ0v) is 17.7. The molecule has 3 aromatic heterocycles. The maximum Gasteiger partial charge on any atom is 0.490 e. The molecule has 4 N–H and O–H groups in total. The molecule has 1 aliphatic rings. The third kappa shape index (κ3) is 6.75. The van der Waals surface area contributed by atoms with Gasteiger partial charge in [-0.25, -0.2) is 4.79 Å². The van der Waals surface area contributed by atoms with Crippen molar-refractivity contribution >= 4 is 17.6 Å². The number of halogens is 3. The van der Waals surface area contributed by atoms with Crippen LogP contribution in [0.1, 0.15) is 23.2 Å². The van der Waals surface area contributed by atoms with Gasteiger partial charge in [0.2, 0.25) is 0 Å². The molecule has 0 radical (unpaired) electrons. The van der Waals surface area contributed by atoms with Crippen LogP contribution in [0.15, 0.2) is 53.7 Å². The van der Waals surface area contributed by atoms with Crippen molar-refractivity contribution in [2.75, 3.05) is 11.9 Å². The van der Waals surface area contributed by atoms with Gasteiger partial charge in [-0.2, -0.15) is 18.3 Å². The Kier molecular flexibility index (Phi) is 7.79. The average molecular weight is 478 g/mol. The fourth-order valence-electron chi connectivity index (χ4n) is 3.19. The second-order valence-corrected chi connectivity index (χ2v) is 7.33. The fraction of sp³-hybridized carbons (Fsp3) is 0.286. The number of rotatable bonds is 5. The molecule has 10 nitrogen and oxygen atoms in total. The number of amides is 1. The van der Waals surface area contributed by atoms with Gasteiger partial charge in [0.15, 0.2) is 0 Å². The average Bonchev–Trinajstić information content (AvgIpc) is 3.46. The Hall–Kier alpha value is -4.00. The number of anilines is 1. The number of hydrogen-bond donors (Lipinski definition) is 4. The molecule has 4 rings (SSSR count). The molecule has 180 valence electrons. The number of aromatic nitrogens is 4. The number of carbonyl (C=O) groups excluding carboxylic acids is 1. The summed E-state index contributed by atoms with van der Waals surface area (Å²) in [6.07, 6.45) is 2.22. The quantitative estimate of drug-likeness (QED) is 0.441. The van der Waals surface area contributed by atoms with E-state index in [9.17, 15) is 22.8 Å². The maximum absolute atomic E-state index is 12.4. The van der Waals surface area contributed by atoms with E-state index in [0.29, 0.717) is 23.1 Å². The lowest BCUT2D eigenvalue weighted by Gasteiger charge is -2.09. The highest BCUT2D eigenvalue weighted by Crippen LogP contribution is 2.14. The second-order valence-electron chi connectivity index (χ2n) is 7.33. The molecule has 1 saturated heterocycles. The van der Waals surface area contributed by atoms with Gasteiger partial charge >= 0.3 is 12.1 Å². The van der Waals surface area contributed by atoms with Crippen molar-refractivity contribution in [3.63, 3.8) is 0 Å². The van der Waals surface area contributed by atoms with Crippen molar-refractivity contribution in [3.8, 4) is 11.4 Å². The third-order valence-corrected chi connectivity index (χ3v) is 4.80. The van der Waals surface area contributed by atoms with Gasteiger partial charge in [-0.05, 0) is 43.7 Å². The van der Waals surface area contributed by atoms with E-state index in [1.54, 1.807) is 41.5 Å². The molecular weight excluding hydrogens is 457 g/mol. The van der Waals surface area contributed by atoms with Gasteiger partial charge in [0.05, 0.1) is 29.8 Å². The molecule has 0 aromatic carbocycles. The van der Waals surface area contributed by atoms with Crippen molar-refractivity contribution in [2.24, 2.45) is 0 Å². The van der Waals surface area contributed by atoms with Crippen LogP contribution in [0, 0.1) is 0 Å². The molecule has 0 bridgehead atoms. The number of carboxylic acid groups (broad SMARTS) is 1. The first kappa shape index (κ1) is 24.6. The predicted molar refractivity (Wildman–Crippen MR) is 115 cm³/mol. The number of pyridine rings is 2. The van der Waals surface area contributed by atoms with Crippen LogP contribution in [0.25, 0.3) is 11.4 Å². The molecule has 34 heavy (non-hydrogen) atoms. The maximum atomic E-state index is 12.4. The monoisotopic (exact) mass is 478 g/mol. The summed E-state index contributed by atoms with van der Waals surface area (Å²) in [6.45, 7) is 1.79. The van der Waals surface area contributed by atoms with Crippen LogP contribution in [-0.2, 0) is 11.3 Å². The van der Waals surface area contributed by atoms with Crippen LogP contribution in [0.5, 0.6) is 0 Å². The molecule has 0 spiro atoms. The van der Waals surface area contributed by atoms with Gasteiger partial charge in [-0.15, -0.1) is 0 Å². The molecule has 1 fully saturated rings. The van der Waals surface area contributed by atoms with Crippen LogP contribution in [0.3, 0.4) is 0 Å². The zero-order chi connectivity index (χ0) is 24.7. The molecule has 1 aliphatic heterocycles. The van der Waals surface area contributed by atoms with Crippen LogP contribution >= 0.6 is 0 Å². The normalized spacial score (nSPS) is 15.3. The first-order valence-electron chi connectivity index (χ1n) is 10.2. The van der Waals surface area contributed by atoms with Crippen LogP contribution in [-0.4, -0.2) is 55.5 Å². The van der Waals surface area contributed by atoms with E-state index >= 15 is 0 Å². The summed E-state index contributed by atoms with van der Waals surface area (Å²) >= 11 is 0. The van der Waals surface area contributed by atoms with Gasteiger partial charge < -0.3 is 20.7 Å². The predicted octanol–water partition coefficient (Wildman–Crippen LogP) is 2.27. The number of carboxylic acids is 1. The number of carbonyl (C=O) groups is 2. The highest BCUT2D eigenvalue weighted by molar-refractivity contribution is 6.03. The van der Waals surface area contributed by atoms with E-state index in [-0.39, 0.29) is 5.56 Å². The summed E-state index contributed by atoms with van der Waals surface area (Å²) in [4.78, 5) is 40.5. The fourth-order valence-corrected chi connectivity index (χ4v) is 3.19. The number of aromatic amines is 1. The Labute approximate surface area is 190 Å². The van der Waals surface area contributed by atoms with Gasteiger partial charge in [-0.1, -0.05) is 6.07 Å². The van der Waals surface area contributed by atoms with Crippen LogP contribution < -0.4 is 16.2 Å². The lowest BCUT2D eigenvalue weighted by Crippen LogP contribution is -2.26. The van der Waals surface area contributed by atoms with Gasteiger partial charge in [0.1, 0.15) is 5.56 Å². The minimum absolute atomic E-state index is 0.0416. The number of nitrogens with zero attached hydrogens (tertiary/aromatic N) is 3. The molecular formula is C21H21F3N6O4. The summed E-state index contributed by atoms with van der Waals surface area (Å²) in [6, 6.07) is 9.01. The van der Waals surface area contributed by atoms with E-state index in [1.165, 1.54) is 12.5 Å². The van der Waals surface area contributed by atoms with Crippen molar-refractivity contribution in [1.29, 1.82) is 0 Å². The molecule has 3 aromatic rings. The second kappa shape index (κ2) is 10.7. The van der Waals surface area contributed by atoms with Crippen LogP contribution in [0.4, 0.5) is 18.9 Å². The van der Waals surface area contributed by atoms with Crippen molar-refractivity contribution < 1.29 is 27.9 Å². The summed E-state index contributed by atoms with van der Waals surface area (Å²) in [5.41, 5.74) is 1.35. The smallest absolute Gasteiger partial charge is 0.475 e. The molecule has 4 heterocycles. The SMILES string of the molecule is O=C(Nc1cnn(CC2CCCN2)c1)c1ccc(-c2ccccn2)[nH]c1=O.O=C(O)C(F)(F)F. The molecule has 0 saturated carbocycles. The number of nitrogens with one attached hydrogen (secondary N) is 3. The number of alkyl halides is 3. The summed E-state index contributed by atoms with van der Waals surface area (Å²) < 4.78 is 33.5. The summed E-state index contributed by atoms with van der Waals surface area (Å²) in [5.74, 6) is -3.23. The standard InChI is InChI=1S/C19H20N6O2.C2HF3O2/c26-18(23-14-10-22-25(12-14)11-13-4-3-9-20-13)15-6-7-17(24-19(15)27)16-5-1-2-8-21-16;3-2(4,5)1(6)7/h1-2,5-8,10,12-13,20H,3-4,9,11H2,(H,23,26)(H,24,27);(H,6,7). The minimum atomic E-state index is -5.08. The summed E-state index contributed by atoms with van der Waals surface area (Å²) in [7, 11) is 0. The Morgan fingerprint density at radius 1 is 1.24 bits per heavy atom. The largest absolute Gasteiger partial charge is 0.490 e. The van der Waals surface area contributed by atoms with Gasteiger partial charge in [-0.3, -0.25) is 19.3 Å². The number of aliphatic carboxylic acids is 1. The number of hydrogen-bond acceptors (Lipinski definition) is 6. The van der Waals surface area contributed by atoms with Crippen molar-refractivity contribution in [3.05, 3.63) is 64.8 Å². The van der Waals surface area contributed by atoms with Gasteiger partial charge in [0.25, 0.3) is 11.5 Å². The third-order valence-electron chi connectivity index (χ3n) is 4.80. The molecule has 13 heteroatoms. The van der Waals surface area contributed by atoms with E-state index < -0.39 is 23.6 Å². The van der Waals surface area contributed by atoms with E-state index in [2.05, 4.69) is 25.7 Å². The highest BCUT2D eigenvalue weighted by Gasteiger charge is 2.38. The lowest BCUT2D eigenvalue weighted by molar-refractivity contribution is -0.192. The molecule has 1 atom stereocenters. The lowest BCUT2D eigenvalue weighted by atomic mass is 10.2. The Balaban J connectivity index is 0.000000406. The van der Waals surface area contributed by atoms with E-state index in [0.717, 1.165) is 19.5 Å². The summed E-state index contributed by atoms with van der Waals surface area (Å²) in [5, 5.41) is 17.5. The molecule has 0 aliphatic carbocycles. The topological polar surface area (TPSA) is 142 Å². The van der Waals surface area contributed by atoms with Crippen molar-refractivity contribution in [2.45, 2.75) is 31.6 Å². The first-order chi connectivity index (χ1) is 16.1. The Morgan fingerprint density at radius 3 is 2.59 bits per heavy atom. The number of H-pyrrole nitrogens is 1. The molecule has 1 unspecified atom stereocenters. The first-order valence-corrected chi connectivity index (χ1v) is 10.2. The van der Waals surface area contributed by atoms with E-state index in [4.69, 9.17) is 9.90 Å². The molecule has 1 amide bonds. The Bertz CT molecular complexity index is 1190. The van der Waals surface area contributed by atoms with Crippen LogP contribution in [0.2, 0.25) is 0 Å². The van der Waals surface area contributed by atoms with Gasteiger partial charge in [0, 0.05) is 18.4 Å². The zero-order valence-electron chi connectivity index (χ0n) is 17.7. The highest BCUT2D eigenvalue weighted by atomic mass is 19.4. The minimum Gasteiger partial charge on any atom is -0.475 e.